The van der Waals surface area contributed by atoms with Crippen molar-refractivity contribution in [2.75, 3.05) is 14.2 Å². The third-order valence-electron chi connectivity index (χ3n) is 5.61. The smallest absolute Gasteiger partial charge is 0.251 e. The number of fused-ring (bicyclic) bond motifs is 3. The fraction of sp³-hybridized carbons (Fsp3) is 0.348. The summed E-state index contributed by atoms with van der Waals surface area (Å²) >= 11 is 0. The summed E-state index contributed by atoms with van der Waals surface area (Å²) in [5.74, 6) is 1.37. The average Bonchev–Trinajstić information content (AvgIpc) is 3.11. The lowest BCUT2D eigenvalue weighted by molar-refractivity contribution is 0.0939. The molecule has 5 heteroatoms. The average molecular weight is 378 g/mol. The summed E-state index contributed by atoms with van der Waals surface area (Å²) in [5.41, 5.74) is 5.38. The Morgan fingerprint density at radius 1 is 1.07 bits per heavy atom. The summed E-state index contributed by atoms with van der Waals surface area (Å²) in [5, 5.41) is 4.27. The molecule has 0 radical (unpaired) electrons. The third-order valence-corrected chi connectivity index (χ3v) is 5.61. The lowest BCUT2D eigenvalue weighted by Gasteiger charge is -2.18. The SMILES string of the molecule is COc1ccc(OC)c(C(C)NC(=O)c2ccc3[nH]c4c(c3c2)CCCC4)c1. The van der Waals surface area contributed by atoms with Crippen molar-refractivity contribution >= 4 is 16.8 Å². The quantitative estimate of drug-likeness (QED) is 0.684. The van der Waals surface area contributed by atoms with E-state index in [1.165, 1.54) is 29.5 Å². The number of H-pyrrole nitrogens is 1. The van der Waals surface area contributed by atoms with Crippen LogP contribution < -0.4 is 14.8 Å². The Balaban J connectivity index is 1.60. The number of aromatic nitrogens is 1. The number of hydrogen-bond donors (Lipinski definition) is 2. The number of benzene rings is 2. The van der Waals surface area contributed by atoms with Gasteiger partial charge in [0.1, 0.15) is 11.5 Å². The van der Waals surface area contributed by atoms with Gasteiger partial charge in [-0.3, -0.25) is 4.79 Å². The molecule has 1 aliphatic rings. The van der Waals surface area contributed by atoms with Crippen molar-refractivity contribution in [2.24, 2.45) is 0 Å². The number of aryl methyl sites for hydroxylation is 2. The molecule has 4 rings (SSSR count). The van der Waals surface area contributed by atoms with Gasteiger partial charge in [0.25, 0.3) is 5.91 Å². The predicted molar refractivity (Wildman–Crippen MR) is 110 cm³/mol. The first kappa shape index (κ1) is 18.4. The summed E-state index contributed by atoms with van der Waals surface area (Å²) in [6, 6.07) is 11.3. The van der Waals surface area contributed by atoms with E-state index in [1.807, 2.05) is 43.3 Å². The van der Waals surface area contributed by atoms with Crippen molar-refractivity contribution < 1.29 is 14.3 Å². The summed E-state index contributed by atoms with van der Waals surface area (Å²) in [6.45, 7) is 1.95. The number of aromatic amines is 1. The lowest BCUT2D eigenvalue weighted by atomic mass is 9.95. The van der Waals surface area contributed by atoms with E-state index >= 15 is 0 Å². The summed E-state index contributed by atoms with van der Waals surface area (Å²) in [4.78, 5) is 16.4. The van der Waals surface area contributed by atoms with Crippen LogP contribution in [0, 0.1) is 0 Å². The van der Waals surface area contributed by atoms with Crippen LogP contribution in [0.25, 0.3) is 10.9 Å². The molecule has 1 unspecified atom stereocenters. The minimum absolute atomic E-state index is 0.0926. The number of carbonyl (C=O) groups is 1. The zero-order valence-corrected chi connectivity index (χ0v) is 16.6. The molecule has 146 valence electrons. The molecule has 2 aromatic carbocycles. The van der Waals surface area contributed by atoms with Crippen molar-refractivity contribution in [1.29, 1.82) is 0 Å². The van der Waals surface area contributed by atoms with Gasteiger partial charge in [-0.05, 0) is 74.6 Å². The standard InChI is InChI=1S/C23H26N2O3/c1-14(18-13-16(27-2)9-11-22(18)28-3)24-23(26)15-8-10-21-19(12-15)17-6-4-5-7-20(17)25-21/h8-14,25H,4-7H2,1-3H3,(H,24,26). The number of rotatable bonds is 5. The minimum Gasteiger partial charge on any atom is -0.497 e. The van der Waals surface area contributed by atoms with Crippen LogP contribution in [0.15, 0.2) is 36.4 Å². The Morgan fingerprint density at radius 3 is 2.68 bits per heavy atom. The Kier molecular flexibility index (Phi) is 4.99. The molecular weight excluding hydrogens is 352 g/mol. The maximum absolute atomic E-state index is 12.9. The van der Waals surface area contributed by atoms with Gasteiger partial charge in [-0.15, -0.1) is 0 Å². The normalized spacial score (nSPS) is 14.4. The first-order valence-corrected chi connectivity index (χ1v) is 9.77. The zero-order chi connectivity index (χ0) is 19.7. The second-order valence-electron chi connectivity index (χ2n) is 7.35. The van der Waals surface area contributed by atoms with Crippen LogP contribution >= 0.6 is 0 Å². The van der Waals surface area contributed by atoms with Gasteiger partial charge in [0.15, 0.2) is 0 Å². The molecule has 1 atom stereocenters. The van der Waals surface area contributed by atoms with Crippen molar-refractivity contribution in [3.63, 3.8) is 0 Å². The van der Waals surface area contributed by atoms with E-state index < -0.39 is 0 Å². The highest BCUT2D eigenvalue weighted by Crippen LogP contribution is 2.31. The number of ether oxygens (including phenoxy) is 2. The van der Waals surface area contributed by atoms with E-state index in [-0.39, 0.29) is 11.9 Å². The second-order valence-corrected chi connectivity index (χ2v) is 7.35. The number of methoxy groups -OCH3 is 2. The molecule has 1 aliphatic carbocycles. The van der Waals surface area contributed by atoms with Crippen LogP contribution in [0.1, 0.15) is 53.0 Å². The van der Waals surface area contributed by atoms with Gasteiger partial charge in [0.2, 0.25) is 0 Å². The third kappa shape index (κ3) is 3.33. The van der Waals surface area contributed by atoms with Crippen LogP contribution in [0.3, 0.4) is 0 Å². The molecule has 0 saturated carbocycles. The van der Waals surface area contributed by atoms with E-state index in [2.05, 4.69) is 10.3 Å². The topological polar surface area (TPSA) is 63.4 Å². The summed E-state index contributed by atoms with van der Waals surface area (Å²) in [6.07, 6.45) is 4.62. The van der Waals surface area contributed by atoms with Crippen molar-refractivity contribution in [3.8, 4) is 11.5 Å². The second kappa shape index (κ2) is 7.58. The van der Waals surface area contributed by atoms with E-state index in [1.54, 1.807) is 14.2 Å². The van der Waals surface area contributed by atoms with Gasteiger partial charge < -0.3 is 19.8 Å². The van der Waals surface area contributed by atoms with Crippen LogP contribution in [-0.4, -0.2) is 25.1 Å². The number of amides is 1. The predicted octanol–water partition coefficient (Wildman–Crippen LogP) is 4.55. The van der Waals surface area contributed by atoms with Crippen molar-refractivity contribution in [1.82, 2.24) is 10.3 Å². The van der Waals surface area contributed by atoms with Crippen LogP contribution in [0.5, 0.6) is 11.5 Å². The lowest BCUT2D eigenvalue weighted by Crippen LogP contribution is -2.27. The molecule has 0 fully saturated rings. The van der Waals surface area contributed by atoms with E-state index in [4.69, 9.17) is 9.47 Å². The highest BCUT2D eigenvalue weighted by Gasteiger charge is 2.19. The Bertz CT molecular complexity index is 1020. The number of hydrogen-bond acceptors (Lipinski definition) is 3. The summed E-state index contributed by atoms with van der Waals surface area (Å²) in [7, 11) is 3.25. The molecule has 2 N–H and O–H groups in total. The summed E-state index contributed by atoms with van der Waals surface area (Å²) < 4.78 is 10.8. The van der Waals surface area contributed by atoms with Crippen molar-refractivity contribution in [2.45, 2.75) is 38.6 Å². The molecule has 3 aromatic rings. The van der Waals surface area contributed by atoms with Gasteiger partial charge in [-0.2, -0.15) is 0 Å². The fourth-order valence-corrected chi connectivity index (χ4v) is 4.08. The molecule has 28 heavy (non-hydrogen) atoms. The monoisotopic (exact) mass is 378 g/mol. The van der Waals surface area contributed by atoms with Crippen LogP contribution in [-0.2, 0) is 12.8 Å². The highest BCUT2D eigenvalue weighted by atomic mass is 16.5. The molecule has 0 spiro atoms. The molecule has 5 nitrogen and oxygen atoms in total. The van der Waals surface area contributed by atoms with E-state index in [9.17, 15) is 4.79 Å². The molecule has 0 aliphatic heterocycles. The molecule has 1 amide bonds. The van der Waals surface area contributed by atoms with Gasteiger partial charge in [-0.25, -0.2) is 0 Å². The Hall–Kier alpha value is -2.95. The molecular formula is C23H26N2O3. The van der Waals surface area contributed by atoms with Gasteiger partial charge >= 0.3 is 0 Å². The Morgan fingerprint density at radius 2 is 1.89 bits per heavy atom. The highest BCUT2D eigenvalue weighted by molar-refractivity contribution is 5.99. The van der Waals surface area contributed by atoms with Crippen LogP contribution in [0.2, 0.25) is 0 Å². The van der Waals surface area contributed by atoms with Gasteiger partial charge in [0, 0.05) is 27.7 Å². The van der Waals surface area contributed by atoms with Crippen LogP contribution in [0.4, 0.5) is 0 Å². The van der Waals surface area contributed by atoms with Gasteiger partial charge in [0.05, 0.1) is 20.3 Å². The van der Waals surface area contributed by atoms with E-state index in [0.717, 1.165) is 35.4 Å². The molecule has 1 heterocycles. The largest absolute Gasteiger partial charge is 0.497 e. The van der Waals surface area contributed by atoms with Gasteiger partial charge in [-0.1, -0.05) is 0 Å². The maximum Gasteiger partial charge on any atom is 0.251 e. The maximum atomic E-state index is 12.9. The minimum atomic E-state index is -0.214. The zero-order valence-electron chi connectivity index (χ0n) is 16.6. The molecule has 0 bridgehead atoms. The first-order chi connectivity index (χ1) is 13.6. The fourth-order valence-electron chi connectivity index (χ4n) is 4.08. The number of nitrogens with one attached hydrogen (secondary N) is 2. The molecule has 0 saturated heterocycles. The number of carbonyl (C=O) groups excluding carboxylic acids is 1. The first-order valence-electron chi connectivity index (χ1n) is 9.77. The molecule has 1 aromatic heterocycles. The Labute approximate surface area is 165 Å². The van der Waals surface area contributed by atoms with Crippen molar-refractivity contribution in [3.05, 3.63) is 58.8 Å². The van der Waals surface area contributed by atoms with E-state index in [0.29, 0.717) is 5.56 Å².